The van der Waals surface area contributed by atoms with E-state index in [1.807, 2.05) is 47.1 Å². The Kier molecular flexibility index (Phi) is 3.21. The maximum absolute atomic E-state index is 9.22. The molecule has 0 aliphatic rings. The monoisotopic (exact) mass is 307 g/mol. The van der Waals surface area contributed by atoms with Crippen LogP contribution in [-0.2, 0) is 6.61 Å². The van der Waals surface area contributed by atoms with Crippen LogP contribution in [0.2, 0.25) is 0 Å². The van der Waals surface area contributed by atoms with E-state index in [4.69, 9.17) is 5.10 Å². The first-order valence-corrected chi connectivity index (χ1v) is 7.77. The minimum Gasteiger partial charge on any atom is -0.389 e. The predicted molar refractivity (Wildman–Crippen MR) is 88.1 cm³/mol. The van der Waals surface area contributed by atoms with Crippen LogP contribution < -0.4 is 0 Å². The molecule has 1 N–H and O–H groups in total. The highest BCUT2D eigenvalue weighted by molar-refractivity contribution is 7.15. The average molecular weight is 307 g/mol. The number of thiazole rings is 1. The summed E-state index contributed by atoms with van der Waals surface area (Å²) < 4.78 is 1.95. The molecule has 0 aliphatic carbocycles. The number of hydrogen-bond acceptors (Lipinski definition) is 4. The number of fused-ring (bicyclic) bond motifs is 1. The number of aliphatic hydroxyl groups is 1. The smallest absolute Gasteiger partial charge is 0.119 e. The van der Waals surface area contributed by atoms with Crippen molar-refractivity contribution in [1.82, 2.24) is 14.8 Å². The Morgan fingerprint density at radius 2 is 1.77 bits per heavy atom. The lowest BCUT2D eigenvalue weighted by atomic mass is 10.2. The van der Waals surface area contributed by atoms with Gasteiger partial charge in [0.15, 0.2) is 0 Å². The van der Waals surface area contributed by atoms with Crippen LogP contribution in [0, 0.1) is 0 Å². The van der Waals surface area contributed by atoms with E-state index in [-0.39, 0.29) is 6.61 Å². The molecule has 0 atom stereocenters. The van der Waals surface area contributed by atoms with Crippen molar-refractivity contribution >= 4 is 22.2 Å². The summed E-state index contributed by atoms with van der Waals surface area (Å²) in [6.07, 6.45) is 1.78. The fourth-order valence-corrected chi connectivity index (χ4v) is 3.28. The van der Waals surface area contributed by atoms with Gasteiger partial charge >= 0.3 is 0 Å². The molecule has 0 unspecified atom stereocenters. The summed E-state index contributed by atoms with van der Waals surface area (Å²) in [7, 11) is 0. The average Bonchev–Trinajstić information content (AvgIpc) is 3.20. The van der Waals surface area contributed by atoms with Crippen molar-refractivity contribution in [2.24, 2.45) is 0 Å². The molecule has 0 spiro atoms. The second kappa shape index (κ2) is 5.36. The molecule has 0 saturated heterocycles. The van der Waals surface area contributed by atoms with E-state index in [9.17, 15) is 5.11 Å². The van der Waals surface area contributed by atoms with Crippen LogP contribution in [0.4, 0.5) is 0 Å². The van der Waals surface area contributed by atoms with E-state index >= 15 is 0 Å². The Balaban J connectivity index is 1.97. The van der Waals surface area contributed by atoms with Crippen LogP contribution in [0.15, 0.2) is 60.8 Å². The Hall–Kier alpha value is -2.50. The molecule has 0 amide bonds. The fourth-order valence-electron chi connectivity index (χ4n) is 2.51. The van der Waals surface area contributed by atoms with Crippen molar-refractivity contribution in [2.45, 2.75) is 6.61 Å². The molecular formula is C17H13N3OS. The van der Waals surface area contributed by atoms with Gasteiger partial charge in [0, 0.05) is 11.6 Å². The van der Waals surface area contributed by atoms with Crippen molar-refractivity contribution < 1.29 is 5.11 Å². The molecular weight excluding hydrogens is 294 g/mol. The zero-order valence-corrected chi connectivity index (χ0v) is 12.5. The summed E-state index contributed by atoms with van der Waals surface area (Å²) in [4.78, 5) is 5.19. The SMILES string of the molecule is OCc1ncc(-c2nn(-c3ccccc3)c3ccccc23)s1. The van der Waals surface area contributed by atoms with Crippen LogP contribution in [0.1, 0.15) is 5.01 Å². The first kappa shape index (κ1) is 13.2. The third-order valence-electron chi connectivity index (χ3n) is 3.51. The Morgan fingerprint density at radius 3 is 2.55 bits per heavy atom. The second-order valence-electron chi connectivity index (χ2n) is 4.89. The molecule has 4 aromatic rings. The summed E-state index contributed by atoms with van der Waals surface area (Å²) in [5.41, 5.74) is 2.98. The molecule has 108 valence electrons. The van der Waals surface area contributed by atoms with Gasteiger partial charge in [-0.2, -0.15) is 5.10 Å². The Morgan fingerprint density at radius 1 is 1.00 bits per heavy atom. The quantitative estimate of drug-likeness (QED) is 0.628. The summed E-state index contributed by atoms with van der Waals surface area (Å²) in [6, 6.07) is 18.2. The van der Waals surface area contributed by atoms with Gasteiger partial charge in [0.05, 0.1) is 22.7 Å². The van der Waals surface area contributed by atoms with Gasteiger partial charge in [-0.1, -0.05) is 36.4 Å². The Bertz CT molecular complexity index is 927. The fraction of sp³-hybridized carbons (Fsp3) is 0.0588. The van der Waals surface area contributed by atoms with Crippen molar-refractivity contribution in [3.63, 3.8) is 0 Å². The number of para-hydroxylation sites is 2. The number of aromatic nitrogens is 3. The first-order valence-electron chi connectivity index (χ1n) is 6.96. The van der Waals surface area contributed by atoms with Gasteiger partial charge in [0.1, 0.15) is 10.7 Å². The van der Waals surface area contributed by atoms with Crippen LogP contribution >= 0.6 is 11.3 Å². The van der Waals surface area contributed by atoms with Crippen LogP contribution in [0.3, 0.4) is 0 Å². The lowest BCUT2D eigenvalue weighted by Crippen LogP contribution is -1.95. The Labute approximate surface area is 131 Å². The van der Waals surface area contributed by atoms with Gasteiger partial charge in [-0.15, -0.1) is 11.3 Å². The number of aliphatic hydroxyl groups excluding tert-OH is 1. The molecule has 4 nitrogen and oxygen atoms in total. The van der Waals surface area contributed by atoms with Crippen molar-refractivity contribution in [2.75, 3.05) is 0 Å². The summed E-state index contributed by atoms with van der Waals surface area (Å²) >= 11 is 1.47. The zero-order chi connectivity index (χ0) is 14.9. The van der Waals surface area contributed by atoms with Crippen LogP contribution in [-0.4, -0.2) is 19.9 Å². The molecule has 5 heteroatoms. The molecule has 0 saturated carbocycles. The molecule has 2 aromatic carbocycles. The minimum absolute atomic E-state index is 0.0397. The third kappa shape index (κ3) is 2.11. The lowest BCUT2D eigenvalue weighted by molar-refractivity contribution is 0.281. The molecule has 0 bridgehead atoms. The third-order valence-corrected chi connectivity index (χ3v) is 4.50. The van der Waals surface area contributed by atoms with Gasteiger partial charge in [0.25, 0.3) is 0 Å². The summed E-state index contributed by atoms with van der Waals surface area (Å²) in [6.45, 7) is -0.0397. The predicted octanol–water partition coefficient (Wildman–Crippen LogP) is 3.64. The number of benzene rings is 2. The van der Waals surface area contributed by atoms with E-state index in [1.54, 1.807) is 6.20 Å². The topological polar surface area (TPSA) is 50.9 Å². The highest BCUT2D eigenvalue weighted by Crippen LogP contribution is 2.32. The molecule has 0 radical (unpaired) electrons. The number of rotatable bonds is 3. The largest absolute Gasteiger partial charge is 0.389 e. The number of nitrogens with zero attached hydrogens (tertiary/aromatic N) is 3. The van der Waals surface area contributed by atoms with Gasteiger partial charge < -0.3 is 5.11 Å². The van der Waals surface area contributed by atoms with Crippen molar-refractivity contribution in [3.8, 4) is 16.3 Å². The van der Waals surface area contributed by atoms with E-state index in [2.05, 4.69) is 17.1 Å². The highest BCUT2D eigenvalue weighted by Gasteiger charge is 2.15. The molecule has 2 aromatic heterocycles. The lowest BCUT2D eigenvalue weighted by Gasteiger charge is -2.01. The van der Waals surface area contributed by atoms with Gasteiger partial charge in [-0.25, -0.2) is 9.67 Å². The van der Waals surface area contributed by atoms with Gasteiger partial charge in [0.2, 0.25) is 0 Å². The van der Waals surface area contributed by atoms with Crippen molar-refractivity contribution in [1.29, 1.82) is 0 Å². The summed E-state index contributed by atoms with van der Waals surface area (Å²) in [5, 5.41) is 15.8. The molecule has 2 heterocycles. The van der Waals surface area contributed by atoms with Gasteiger partial charge in [-0.05, 0) is 18.2 Å². The maximum Gasteiger partial charge on any atom is 0.119 e. The molecule has 0 fully saturated rings. The van der Waals surface area contributed by atoms with Crippen LogP contribution in [0.5, 0.6) is 0 Å². The first-order chi connectivity index (χ1) is 10.9. The number of hydrogen-bond donors (Lipinski definition) is 1. The van der Waals surface area contributed by atoms with Crippen LogP contribution in [0.25, 0.3) is 27.2 Å². The van der Waals surface area contributed by atoms with E-state index in [0.717, 1.165) is 27.2 Å². The molecule has 22 heavy (non-hydrogen) atoms. The van der Waals surface area contributed by atoms with E-state index in [0.29, 0.717) is 5.01 Å². The molecule has 4 rings (SSSR count). The standard InChI is InChI=1S/C17H13N3OS/c21-11-16-18-10-15(22-16)17-13-8-4-5-9-14(13)20(19-17)12-6-2-1-3-7-12/h1-10,21H,11H2. The van der Waals surface area contributed by atoms with Crippen molar-refractivity contribution in [3.05, 3.63) is 65.8 Å². The molecule has 0 aliphatic heterocycles. The maximum atomic E-state index is 9.22. The van der Waals surface area contributed by atoms with E-state index in [1.165, 1.54) is 11.3 Å². The summed E-state index contributed by atoms with van der Waals surface area (Å²) in [5.74, 6) is 0. The van der Waals surface area contributed by atoms with Gasteiger partial charge in [-0.3, -0.25) is 0 Å². The zero-order valence-electron chi connectivity index (χ0n) is 11.7. The van der Waals surface area contributed by atoms with E-state index < -0.39 is 0 Å². The highest BCUT2D eigenvalue weighted by atomic mass is 32.1. The minimum atomic E-state index is -0.0397. The second-order valence-corrected chi connectivity index (χ2v) is 6.00. The normalized spacial score (nSPS) is 11.1.